The summed E-state index contributed by atoms with van der Waals surface area (Å²) in [6.07, 6.45) is 13.0. The van der Waals surface area contributed by atoms with Gasteiger partial charge in [-0.2, -0.15) is 11.8 Å². The van der Waals surface area contributed by atoms with Gasteiger partial charge >= 0.3 is 0 Å². The molecule has 0 heterocycles. The van der Waals surface area contributed by atoms with Gasteiger partial charge in [-0.15, -0.1) is 0 Å². The highest BCUT2D eigenvalue weighted by molar-refractivity contribution is 7.97. The average molecular weight is 204 g/mol. The molecule has 0 amide bonds. The molecule has 82 valence electrons. The molecule has 0 spiro atoms. The van der Waals surface area contributed by atoms with Gasteiger partial charge in [0, 0.05) is 0 Å². The molecule has 1 aliphatic rings. The predicted octanol–water partition coefficient (Wildman–Crippen LogP) is 4.98. The summed E-state index contributed by atoms with van der Waals surface area (Å²) in [5.41, 5.74) is 0. The first kappa shape index (κ1) is 15.8. The van der Waals surface area contributed by atoms with E-state index in [1.165, 1.54) is 38.5 Å². The van der Waals surface area contributed by atoms with Crippen LogP contribution < -0.4 is 0 Å². The third-order valence-corrected chi connectivity index (χ3v) is 2.30. The SMILES string of the molecule is CC.CCC1CCCCC1.CSC. The Morgan fingerprint density at radius 2 is 1.38 bits per heavy atom. The van der Waals surface area contributed by atoms with Crippen molar-refractivity contribution in [1.82, 2.24) is 0 Å². The van der Waals surface area contributed by atoms with Gasteiger partial charge in [-0.25, -0.2) is 0 Å². The van der Waals surface area contributed by atoms with Crippen LogP contribution in [-0.4, -0.2) is 12.5 Å². The fourth-order valence-corrected chi connectivity index (χ4v) is 1.60. The Morgan fingerprint density at radius 1 is 1.00 bits per heavy atom. The lowest BCUT2D eigenvalue weighted by molar-refractivity contribution is 0.349. The van der Waals surface area contributed by atoms with Crippen LogP contribution in [0.15, 0.2) is 0 Å². The van der Waals surface area contributed by atoms with Crippen LogP contribution in [-0.2, 0) is 0 Å². The molecule has 0 bridgehead atoms. The molecule has 0 radical (unpaired) electrons. The largest absolute Gasteiger partial charge is 0.169 e. The van der Waals surface area contributed by atoms with E-state index in [0.29, 0.717) is 0 Å². The maximum atomic E-state index is 2.32. The molecule has 0 aromatic rings. The summed E-state index contributed by atoms with van der Waals surface area (Å²) in [6, 6.07) is 0. The van der Waals surface area contributed by atoms with Gasteiger partial charge in [-0.3, -0.25) is 0 Å². The molecule has 0 aromatic carbocycles. The van der Waals surface area contributed by atoms with E-state index in [1.807, 2.05) is 26.4 Å². The quantitative estimate of drug-likeness (QED) is 0.580. The van der Waals surface area contributed by atoms with E-state index >= 15 is 0 Å². The molecule has 1 fully saturated rings. The second-order valence-corrected chi connectivity index (χ2v) is 4.14. The average Bonchev–Trinajstić information content (AvgIpc) is 2.23. The zero-order valence-electron chi connectivity index (χ0n) is 10.2. The van der Waals surface area contributed by atoms with Gasteiger partial charge in [-0.1, -0.05) is 59.3 Å². The Kier molecular flexibility index (Phi) is 18.1. The summed E-state index contributed by atoms with van der Waals surface area (Å²) in [5.74, 6) is 1.09. The Morgan fingerprint density at radius 3 is 1.62 bits per heavy atom. The minimum absolute atomic E-state index is 1.09. The van der Waals surface area contributed by atoms with E-state index in [4.69, 9.17) is 0 Å². The topological polar surface area (TPSA) is 0 Å². The van der Waals surface area contributed by atoms with E-state index in [1.54, 1.807) is 11.8 Å². The van der Waals surface area contributed by atoms with Gasteiger partial charge in [0.2, 0.25) is 0 Å². The van der Waals surface area contributed by atoms with Crippen LogP contribution in [0.25, 0.3) is 0 Å². The van der Waals surface area contributed by atoms with Crippen molar-refractivity contribution in [2.75, 3.05) is 12.5 Å². The molecular weight excluding hydrogens is 176 g/mol. The van der Waals surface area contributed by atoms with Gasteiger partial charge in [0.25, 0.3) is 0 Å². The van der Waals surface area contributed by atoms with E-state index in [9.17, 15) is 0 Å². The number of rotatable bonds is 1. The van der Waals surface area contributed by atoms with Crippen molar-refractivity contribution in [3.63, 3.8) is 0 Å². The number of hydrogen-bond donors (Lipinski definition) is 0. The van der Waals surface area contributed by atoms with E-state index in [2.05, 4.69) is 6.92 Å². The van der Waals surface area contributed by atoms with Crippen molar-refractivity contribution in [3.8, 4) is 0 Å². The minimum atomic E-state index is 1.09. The molecule has 0 aromatic heterocycles. The Labute approximate surface area is 89.9 Å². The fraction of sp³-hybridized carbons (Fsp3) is 1.00. The molecule has 0 saturated heterocycles. The van der Waals surface area contributed by atoms with Crippen molar-refractivity contribution >= 4 is 11.8 Å². The molecule has 0 unspecified atom stereocenters. The van der Waals surface area contributed by atoms with Gasteiger partial charge < -0.3 is 0 Å². The molecule has 0 N–H and O–H groups in total. The Balaban J connectivity index is 0. The molecule has 1 aliphatic carbocycles. The molecule has 1 rings (SSSR count). The summed E-state index contributed by atoms with van der Waals surface area (Å²) in [4.78, 5) is 0. The second-order valence-electron chi connectivity index (χ2n) is 3.32. The molecule has 0 atom stereocenters. The van der Waals surface area contributed by atoms with Crippen LogP contribution in [0.3, 0.4) is 0 Å². The Hall–Kier alpha value is 0.350. The van der Waals surface area contributed by atoms with Crippen LogP contribution in [0.5, 0.6) is 0 Å². The summed E-state index contributed by atoms with van der Waals surface area (Å²) < 4.78 is 0. The van der Waals surface area contributed by atoms with E-state index in [0.717, 1.165) is 5.92 Å². The van der Waals surface area contributed by atoms with Gasteiger partial charge in [0.1, 0.15) is 0 Å². The van der Waals surface area contributed by atoms with Crippen molar-refractivity contribution in [2.24, 2.45) is 5.92 Å². The highest BCUT2D eigenvalue weighted by atomic mass is 32.2. The van der Waals surface area contributed by atoms with E-state index in [-0.39, 0.29) is 0 Å². The third kappa shape index (κ3) is 12.4. The van der Waals surface area contributed by atoms with Crippen LogP contribution in [0.4, 0.5) is 0 Å². The normalized spacial score (nSPS) is 16.4. The van der Waals surface area contributed by atoms with Gasteiger partial charge in [0.05, 0.1) is 0 Å². The zero-order valence-corrected chi connectivity index (χ0v) is 11.0. The maximum absolute atomic E-state index is 2.32. The van der Waals surface area contributed by atoms with Crippen molar-refractivity contribution in [2.45, 2.75) is 59.3 Å². The van der Waals surface area contributed by atoms with Crippen molar-refractivity contribution in [1.29, 1.82) is 0 Å². The third-order valence-electron chi connectivity index (χ3n) is 2.30. The molecule has 13 heavy (non-hydrogen) atoms. The van der Waals surface area contributed by atoms with Crippen LogP contribution in [0.2, 0.25) is 0 Å². The summed E-state index contributed by atoms with van der Waals surface area (Å²) in [6.45, 7) is 6.32. The van der Waals surface area contributed by atoms with Crippen LogP contribution in [0.1, 0.15) is 59.3 Å². The molecule has 1 saturated carbocycles. The van der Waals surface area contributed by atoms with Crippen LogP contribution >= 0.6 is 11.8 Å². The summed E-state index contributed by atoms with van der Waals surface area (Å²) in [7, 11) is 0. The first-order valence-electron chi connectivity index (χ1n) is 5.75. The van der Waals surface area contributed by atoms with Gasteiger partial charge in [0.15, 0.2) is 0 Å². The maximum Gasteiger partial charge on any atom is -0.0187 e. The minimum Gasteiger partial charge on any atom is -0.169 e. The lowest BCUT2D eigenvalue weighted by atomic mass is 9.88. The molecule has 0 aliphatic heterocycles. The molecule has 1 heteroatoms. The zero-order chi connectivity index (χ0) is 10.5. The lowest BCUT2D eigenvalue weighted by Gasteiger charge is -2.18. The number of thioether (sulfide) groups is 1. The van der Waals surface area contributed by atoms with Crippen molar-refractivity contribution in [3.05, 3.63) is 0 Å². The second kappa shape index (κ2) is 14.9. The number of hydrogen-bond acceptors (Lipinski definition) is 1. The highest BCUT2D eigenvalue weighted by Gasteiger charge is 2.09. The van der Waals surface area contributed by atoms with Crippen molar-refractivity contribution < 1.29 is 0 Å². The van der Waals surface area contributed by atoms with E-state index < -0.39 is 0 Å². The Bertz CT molecular complexity index is 65.5. The smallest absolute Gasteiger partial charge is 0.0187 e. The standard InChI is InChI=1S/C8H16.C2H6S.C2H6/c1-2-8-6-4-3-5-7-8;1-3-2;1-2/h8H,2-7H2,1H3;1-2H3;1-2H3. The predicted molar refractivity (Wildman–Crippen MR) is 67.7 cm³/mol. The first-order chi connectivity index (χ1) is 6.35. The highest BCUT2D eigenvalue weighted by Crippen LogP contribution is 2.25. The van der Waals surface area contributed by atoms with Crippen LogP contribution in [0, 0.1) is 5.92 Å². The molecular formula is C12H28S. The van der Waals surface area contributed by atoms with Gasteiger partial charge in [-0.05, 0) is 18.4 Å². The summed E-state index contributed by atoms with van der Waals surface area (Å²) >= 11 is 1.75. The first-order valence-corrected chi connectivity index (χ1v) is 7.38. The molecule has 0 nitrogen and oxygen atoms in total. The summed E-state index contributed by atoms with van der Waals surface area (Å²) in [5, 5.41) is 0. The fourth-order valence-electron chi connectivity index (χ4n) is 1.60. The lowest BCUT2D eigenvalue weighted by Crippen LogP contribution is -2.03. The monoisotopic (exact) mass is 204 g/mol.